The maximum Gasteiger partial charge on any atom is 0.237 e. The second kappa shape index (κ2) is 8.03. The Morgan fingerprint density at radius 2 is 2.14 bits per heavy atom. The van der Waals surface area contributed by atoms with Gasteiger partial charge in [-0.2, -0.15) is 0 Å². The van der Waals surface area contributed by atoms with Crippen molar-refractivity contribution in [3.8, 4) is 0 Å². The monoisotopic (exact) mass is 319 g/mol. The summed E-state index contributed by atoms with van der Waals surface area (Å²) in [5, 5.41) is 5.66. The van der Waals surface area contributed by atoms with Gasteiger partial charge in [0, 0.05) is 12.5 Å². The van der Waals surface area contributed by atoms with Crippen LogP contribution in [0.5, 0.6) is 0 Å². The molecule has 22 heavy (non-hydrogen) atoms. The number of nitrogens with one attached hydrogen (secondary N) is 1. The van der Waals surface area contributed by atoms with E-state index in [9.17, 15) is 4.79 Å². The van der Waals surface area contributed by atoms with E-state index in [1.165, 1.54) is 11.3 Å². The van der Waals surface area contributed by atoms with E-state index in [4.69, 9.17) is 10.5 Å². The van der Waals surface area contributed by atoms with E-state index in [-0.39, 0.29) is 12.0 Å². The van der Waals surface area contributed by atoms with Crippen LogP contribution < -0.4 is 11.1 Å². The van der Waals surface area contributed by atoms with Crippen LogP contribution in [0.2, 0.25) is 0 Å². The lowest BCUT2D eigenvalue weighted by Crippen LogP contribution is -2.41. The smallest absolute Gasteiger partial charge is 0.237 e. The molecule has 3 N–H and O–H groups in total. The molecule has 118 valence electrons. The Hall–Kier alpha value is -1.76. The van der Waals surface area contributed by atoms with Crippen LogP contribution in [0.25, 0.3) is 0 Å². The van der Waals surface area contributed by atoms with Gasteiger partial charge in [0.25, 0.3) is 0 Å². The SMILES string of the molecule is COC(C)c1nc(CNC(=O)C(N)Cc2ccccc2)cs1. The molecule has 0 aliphatic rings. The zero-order valence-electron chi connectivity index (χ0n) is 12.8. The van der Waals surface area contributed by atoms with Gasteiger partial charge >= 0.3 is 0 Å². The van der Waals surface area contributed by atoms with Crippen LogP contribution in [0.15, 0.2) is 35.7 Å². The van der Waals surface area contributed by atoms with Gasteiger partial charge in [-0.05, 0) is 18.9 Å². The minimum atomic E-state index is -0.557. The second-order valence-corrected chi connectivity index (χ2v) is 5.96. The molecule has 5 nitrogen and oxygen atoms in total. The second-order valence-electron chi connectivity index (χ2n) is 5.07. The highest BCUT2D eigenvalue weighted by Crippen LogP contribution is 2.20. The third-order valence-corrected chi connectivity index (χ3v) is 4.40. The number of amides is 1. The highest BCUT2D eigenvalue weighted by molar-refractivity contribution is 7.09. The van der Waals surface area contributed by atoms with Gasteiger partial charge in [0.2, 0.25) is 5.91 Å². The van der Waals surface area contributed by atoms with Crippen LogP contribution in [0, 0.1) is 0 Å². The Balaban J connectivity index is 1.83. The van der Waals surface area contributed by atoms with Gasteiger partial charge in [0.05, 0.1) is 18.3 Å². The van der Waals surface area contributed by atoms with Gasteiger partial charge in [0.15, 0.2) is 0 Å². The number of hydrogen-bond donors (Lipinski definition) is 2. The number of aromatic nitrogens is 1. The van der Waals surface area contributed by atoms with Crippen molar-refractivity contribution in [2.75, 3.05) is 7.11 Å². The van der Waals surface area contributed by atoms with Gasteiger partial charge < -0.3 is 15.8 Å². The molecular formula is C16H21N3O2S. The van der Waals surface area contributed by atoms with Gasteiger partial charge in [-0.1, -0.05) is 30.3 Å². The predicted molar refractivity (Wildman–Crippen MR) is 87.5 cm³/mol. The number of ether oxygens (including phenoxy) is 1. The minimum Gasteiger partial charge on any atom is -0.375 e. The number of benzene rings is 1. The highest BCUT2D eigenvalue weighted by atomic mass is 32.1. The van der Waals surface area contributed by atoms with E-state index < -0.39 is 6.04 Å². The molecule has 0 saturated carbocycles. The summed E-state index contributed by atoms with van der Waals surface area (Å²) in [6.45, 7) is 2.32. The van der Waals surface area contributed by atoms with E-state index >= 15 is 0 Å². The molecule has 1 amide bonds. The van der Waals surface area contributed by atoms with Crippen molar-refractivity contribution in [3.63, 3.8) is 0 Å². The number of methoxy groups -OCH3 is 1. The quantitative estimate of drug-likeness (QED) is 0.819. The fourth-order valence-electron chi connectivity index (χ4n) is 1.96. The van der Waals surface area contributed by atoms with Crippen molar-refractivity contribution in [1.82, 2.24) is 10.3 Å². The molecule has 0 aliphatic heterocycles. The maximum absolute atomic E-state index is 12.0. The van der Waals surface area contributed by atoms with E-state index in [0.717, 1.165) is 16.3 Å². The summed E-state index contributed by atoms with van der Waals surface area (Å²) < 4.78 is 5.22. The molecule has 2 unspecified atom stereocenters. The summed E-state index contributed by atoms with van der Waals surface area (Å²) in [6, 6.07) is 9.19. The van der Waals surface area contributed by atoms with Crippen molar-refractivity contribution >= 4 is 17.2 Å². The highest BCUT2D eigenvalue weighted by Gasteiger charge is 2.15. The molecule has 1 aromatic heterocycles. The molecule has 0 aliphatic carbocycles. The number of carbonyl (C=O) groups is 1. The fourth-order valence-corrected chi connectivity index (χ4v) is 2.81. The normalized spacial score (nSPS) is 13.6. The van der Waals surface area contributed by atoms with Crippen molar-refractivity contribution in [3.05, 3.63) is 52.0 Å². The Morgan fingerprint density at radius 1 is 1.41 bits per heavy atom. The zero-order valence-corrected chi connectivity index (χ0v) is 13.6. The van der Waals surface area contributed by atoms with Crippen LogP contribution in [0.1, 0.15) is 29.3 Å². The average molecular weight is 319 g/mol. The van der Waals surface area contributed by atoms with E-state index in [0.29, 0.717) is 13.0 Å². The zero-order chi connectivity index (χ0) is 15.9. The lowest BCUT2D eigenvalue weighted by molar-refractivity contribution is -0.122. The lowest BCUT2D eigenvalue weighted by atomic mass is 10.1. The van der Waals surface area contributed by atoms with Crippen molar-refractivity contribution < 1.29 is 9.53 Å². The number of rotatable bonds is 7. The van der Waals surface area contributed by atoms with Crippen LogP contribution in [-0.4, -0.2) is 24.0 Å². The number of nitrogens with zero attached hydrogens (tertiary/aromatic N) is 1. The Labute approximate surface area is 134 Å². The Bertz CT molecular complexity index is 600. The van der Waals surface area contributed by atoms with Crippen LogP contribution >= 0.6 is 11.3 Å². The summed E-state index contributed by atoms with van der Waals surface area (Å²) in [5.74, 6) is -0.168. The molecule has 1 heterocycles. The summed E-state index contributed by atoms with van der Waals surface area (Å²) in [5.41, 5.74) is 7.81. The lowest BCUT2D eigenvalue weighted by Gasteiger charge is -2.11. The average Bonchev–Trinajstić information content (AvgIpc) is 3.01. The molecule has 0 spiro atoms. The summed E-state index contributed by atoms with van der Waals surface area (Å²) in [7, 11) is 1.65. The molecule has 0 radical (unpaired) electrons. The summed E-state index contributed by atoms with van der Waals surface area (Å²) in [6.07, 6.45) is 0.491. The van der Waals surface area contributed by atoms with Gasteiger partial charge in [-0.15, -0.1) is 11.3 Å². The largest absolute Gasteiger partial charge is 0.375 e. The third kappa shape index (κ3) is 4.62. The Morgan fingerprint density at radius 3 is 2.82 bits per heavy atom. The van der Waals surface area contributed by atoms with Crippen molar-refractivity contribution in [2.24, 2.45) is 5.73 Å². The van der Waals surface area contributed by atoms with Crippen LogP contribution in [0.4, 0.5) is 0 Å². The first-order chi connectivity index (χ1) is 10.6. The summed E-state index contributed by atoms with van der Waals surface area (Å²) >= 11 is 1.53. The standard InChI is InChI=1S/C16H21N3O2S/c1-11(21-2)16-19-13(10-22-16)9-18-15(20)14(17)8-12-6-4-3-5-7-12/h3-7,10-11,14H,8-9,17H2,1-2H3,(H,18,20). The molecule has 0 saturated heterocycles. The minimum absolute atomic E-state index is 0.0326. The van der Waals surface area contributed by atoms with Crippen LogP contribution in [-0.2, 0) is 22.5 Å². The van der Waals surface area contributed by atoms with Crippen LogP contribution in [0.3, 0.4) is 0 Å². The number of hydrogen-bond acceptors (Lipinski definition) is 5. The molecular weight excluding hydrogens is 298 g/mol. The number of carbonyl (C=O) groups excluding carboxylic acids is 1. The first-order valence-corrected chi connectivity index (χ1v) is 8.02. The van der Waals surface area contributed by atoms with Gasteiger partial charge in [0.1, 0.15) is 11.1 Å². The van der Waals surface area contributed by atoms with E-state index in [1.54, 1.807) is 7.11 Å². The molecule has 0 bridgehead atoms. The maximum atomic E-state index is 12.0. The van der Waals surface area contributed by atoms with E-state index in [1.807, 2.05) is 42.6 Å². The summed E-state index contributed by atoms with van der Waals surface area (Å²) in [4.78, 5) is 16.5. The van der Waals surface area contributed by atoms with Crippen molar-refractivity contribution in [2.45, 2.75) is 32.0 Å². The topological polar surface area (TPSA) is 77.2 Å². The van der Waals surface area contributed by atoms with Gasteiger partial charge in [-0.3, -0.25) is 4.79 Å². The fraction of sp³-hybridized carbons (Fsp3) is 0.375. The molecule has 6 heteroatoms. The van der Waals surface area contributed by atoms with Gasteiger partial charge in [-0.25, -0.2) is 4.98 Å². The number of thiazole rings is 1. The Kier molecular flexibility index (Phi) is 6.06. The van der Waals surface area contributed by atoms with E-state index in [2.05, 4.69) is 10.3 Å². The molecule has 2 aromatic rings. The first kappa shape index (κ1) is 16.6. The third-order valence-electron chi connectivity index (χ3n) is 3.35. The molecule has 2 rings (SSSR count). The predicted octanol–water partition coefficient (Wildman–Crippen LogP) is 2.04. The molecule has 0 fully saturated rings. The number of nitrogens with two attached hydrogens (primary N) is 1. The van der Waals surface area contributed by atoms with Crippen molar-refractivity contribution in [1.29, 1.82) is 0 Å². The molecule has 1 aromatic carbocycles. The molecule has 2 atom stereocenters. The first-order valence-electron chi connectivity index (χ1n) is 7.14.